The molecule has 4 heteroatoms. The minimum Gasteiger partial charge on any atom is -0.381 e. The second-order valence-electron chi connectivity index (χ2n) is 4.35. The average Bonchev–Trinajstić information content (AvgIpc) is 2.76. The normalized spacial score (nSPS) is 19.5. The summed E-state index contributed by atoms with van der Waals surface area (Å²) >= 11 is 0. The molecule has 92 valence electrons. The molecule has 0 saturated carbocycles. The van der Waals surface area contributed by atoms with Crippen molar-refractivity contribution in [2.24, 2.45) is 5.92 Å². The summed E-state index contributed by atoms with van der Waals surface area (Å²) in [7, 11) is 0. The van der Waals surface area contributed by atoms with Crippen molar-refractivity contribution < 1.29 is 18.3 Å². The second-order valence-corrected chi connectivity index (χ2v) is 4.35. The number of hydrogen-bond donors (Lipinski definition) is 0. The van der Waals surface area contributed by atoms with Crippen molar-refractivity contribution in [3.05, 3.63) is 35.4 Å². The molecule has 1 aromatic rings. The number of benzene rings is 1. The van der Waals surface area contributed by atoms with E-state index >= 15 is 0 Å². The first-order valence-corrected chi connectivity index (χ1v) is 5.69. The number of carbonyl (C=O) groups excluding carboxylic acids is 1. The van der Waals surface area contributed by atoms with Crippen LogP contribution in [-0.4, -0.2) is 19.0 Å². The van der Waals surface area contributed by atoms with E-state index in [9.17, 15) is 13.6 Å². The summed E-state index contributed by atoms with van der Waals surface area (Å²) in [6, 6.07) is 3.64. The van der Waals surface area contributed by atoms with E-state index < -0.39 is 11.6 Å². The maximum absolute atomic E-state index is 13.3. The highest BCUT2D eigenvalue weighted by molar-refractivity contribution is 5.81. The van der Waals surface area contributed by atoms with Gasteiger partial charge in [0.05, 0.1) is 0 Å². The van der Waals surface area contributed by atoms with Gasteiger partial charge in [-0.3, -0.25) is 4.79 Å². The molecule has 1 fully saturated rings. The van der Waals surface area contributed by atoms with Gasteiger partial charge in [-0.2, -0.15) is 0 Å². The van der Waals surface area contributed by atoms with Gasteiger partial charge in [0.2, 0.25) is 0 Å². The maximum Gasteiger partial charge on any atom is 0.137 e. The van der Waals surface area contributed by atoms with Crippen LogP contribution in [0.1, 0.15) is 18.4 Å². The van der Waals surface area contributed by atoms with Gasteiger partial charge < -0.3 is 4.74 Å². The molecule has 1 saturated heterocycles. The lowest BCUT2D eigenvalue weighted by Gasteiger charge is -2.07. The van der Waals surface area contributed by atoms with Gasteiger partial charge in [-0.05, 0) is 24.5 Å². The number of carbonyl (C=O) groups is 1. The molecule has 17 heavy (non-hydrogen) atoms. The summed E-state index contributed by atoms with van der Waals surface area (Å²) < 4.78 is 31.8. The summed E-state index contributed by atoms with van der Waals surface area (Å²) in [5.74, 6) is -1.23. The van der Waals surface area contributed by atoms with E-state index in [1.165, 1.54) is 18.2 Å². The topological polar surface area (TPSA) is 26.3 Å². The van der Waals surface area contributed by atoms with E-state index in [1.54, 1.807) is 0 Å². The Kier molecular flexibility index (Phi) is 3.84. The molecule has 0 aliphatic carbocycles. The molecule has 2 rings (SSSR count). The quantitative estimate of drug-likeness (QED) is 0.808. The highest BCUT2D eigenvalue weighted by Crippen LogP contribution is 2.19. The van der Waals surface area contributed by atoms with Crippen LogP contribution in [0.5, 0.6) is 0 Å². The largest absolute Gasteiger partial charge is 0.381 e. The fourth-order valence-electron chi connectivity index (χ4n) is 2.04. The fourth-order valence-corrected chi connectivity index (χ4v) is 2.04. The molecule has 1 unspecified atom stereocenters. The molecule has 1 atom stereocenters. The molecule has 1 aliphatic heterocycles. The third-order valence-electron chi connectivity index (χ3n) is 2.98. The van der Waals surface area contributed by atoms with Gasteiger partial charge in [0.25, 0.3) is 0 Å². The third-order valence-corrected chi connectivity index (χ3v) is 2.98. The molecule has 1 heterocycles. The van der Waals surface area contributed by atoms with Gasteiger partial charge in [-0.15, -0.1) is 0 Å². The van der Waals surface area contributed by atoms with Gasteiger partial charge in [0.1, 0.15) is 17.4 Å². The van der Waals surface area contributed by atoms with Crippen LogP contribution < -0.4 is 0 Å². The van der Waals surface area contributed by atoms with Crippen molar-refractivity contribution in [2.45, 2.75) is 19.3 Å². The molecule has 1 aliphatic rings. The second kappa shape index (κ2) is 5.36. The van der Waals surface area contributed by atoms with Crippen molar-refractivity contribution in [1.82, 2.24) is 0 Å². The monoisotopic (exact) mass is 240 g/mol. The Bertz CT molecular complexity index is 392. The first kappa shape index (κ1) is 12.2. The van der Waals surface area contributed by atoms with E-state index in [0.717, 1.165) is 6.42 Å². The molecule has 0 amide bonds. The van der Waals surface area contributed by atoms with E-state index in [4.69, 9.17) is 4.74 Å². The van der Waals surface area contributed by atoms with Crippen LogP contribution in [-0.2, 0) is 16.0 Å². The minimum atomic E-state index is -0.652. The Hall–Kier alpha value is -1.29. The van der Waals surface area contributed by atoms with Crippen molar-refractivity contribution in [3.63, 3.8) is 0 Å². The van der Waals surface area contributed by atoms with Crippen LogP contribution in [0.25, 0.3) is 0 Å². The Balaban J connectivity index is 1.97. The standard InChI is InChI=1S/C13H14F2O2/c14-12-2-1-3-13(15)11(12)7-10(16)6-9-4-5-17-8-9/h1-3,9H,4-8H2. The van der Waals surface area contributed by atoms with Crippen LogP contribution in [0, 0.1) is 17.6 Å². The zero-order valence-electron chi connectivity index (χ0n) is 9.42. The summed E-state index contributed by atoms with van der Waals surface area (Å²) in [6.45, 7) is 1.25. The molecule has 0 bridgehead atoms. The van der Waals surface area contributed by atoms with Crippen LogP contribution in [0.15, 0.2) is 18.2 Å². The average molecular weight is 240 g/mol. The summed E-state index contributed by atoms with van der Waals surface area (Å²) in [5, 5.41) is 0. The Morgan fingerprint density at radius 1 is 1.35 bits per heavy atom. The zero-order chi connectivity index (χ0) is 12.3. The Morgan fingerprint density at radius 3 is 2.65 bits per heavy atom. The van der Waals surface area contributed by atoms with Crippen LogP contribution >= 0.6 is 0 Å². The van der Waals surface area contributed by atoms with Gasteiger partial charge in [0, 0.05) is 31.6 Å². The Morgan fingerprint density at radius 2 is 2.06 bits per heavy atom. The zero-order valence-corrected chi connectivity index (χ0v) is 9.42. The fraction of sp³-hybridized carbons (Fsp3) is 0.462. The van der Waals surface area contributed by atoms with E-state index in [-0.39, 0.29) is 23.7 Å². The summed E-state index contributed by atoms with van der Waals surface area (Å²) in [6.07, 6.45) is 1.02. The highest BCUT2D eigenvalue weighted by Gasteiger charge is 2.20. The van der Waals surface area contributed by atoms with E-state index in [0.29, 0.717) is 19.6 Å². The SMILES string of the molecule is O=C(Cc1c(F)cccc1F)CC1CCOC1. The maximum atomic E-state index is 13.3. The molecule has 2 nitrogen and oxygen atoms in total. The highest BCUT2D eigenvalue weighted by atomic mass is 19.1. The number of halogens is 2. The Labute approximate surface area is 98.6 Å². The summed E-state index contributed by atoms with van der Waals surface area (Å²) in [4.78, 5) is 11.7. The number of rotatable bonds is 4. The van der Waals surface area contributed by atoms with Gasteiger partial charge in [-0.25, -0.2) is 8.78 Å². The summed E-state index contributed by atoms with van der Waals surface area (Å²) in [5.41, 5.74) is -0.128. The van der Waals surface area contributed by atoms with Gasteiger partial charge in [0.15, 0.2) is 0 Å². The lowest BCUT2D eigenvalue weighted by atomic mass is 9.97. The first-order chi connectivity index (χ1) is 8.16. The minimum absolute atomic E-state index is 0.128. The number of ether oxygens (including phenoxy) is 1. The first-order valence-electron chi connectivity index (χ1n) is 5.69. The molecule has 0 N–H and O–H groups in total. The molecular weight excluding hydrogens is 226 g/mol. The molecule has 1 aromatic carbocycles. The number of Topliss-reactive ketones (excluding diaryl/α,β-unsaturated/α-hetero) is 1. The number of hydrogen-bond acceptors (Lipinski definition) is 2. The molecule has 0 radical (unpaired) electrons. The van der Waals surface area contributed by atoms with Gasteiger partial charge in [-0.1, -0.05) is 6.07 Å². The predicted molar refractivity (Wildman–Crippen MR) is 58.6 cm³/mol. The van der Waals surface area contributed by atoms with Crippen molar-refractivity contribution >= 4 is 5.78 Å². The number of ketones is 1. The van der Waals surface area contributed by atoms with Crippen molar-refractivity contribution in [3.8, 4) is 0 Å². The van der Waals surface area contributed by atoms with E-state index in [1.807, 2.05) is 0 Å². The molecular formula is C13H14F2O2. The predicted octanol–water partition coefficient (Wildman–Crippen LogP) is 2.50. The van der Waals surface area contributed by atoms with Crippen LogP contribution in [0.3, 0.4) is 0 Å². The van der Waals surface area contributed by atoms with Crippen LogP contribution in [0.4, 0.5) is 8.78 Å². The van der Waals surface area contributed by atoms with Crippen molar-refractivity contribution in [2.75, 3.05) is 13.2 Å². The molecule has 0 spiro atoms. The van der Waals surface area contributed by atoms with E-state index in [2.05, 4.69) is 0 Å². The van der Waals surface area contributed by atoms with Crippen molar-refractivity contribution in [1.29, 1.82) is 0 Å². The van der Waals surface area contributed by atoms with Crippen LogP contribution in [0.2, 0.25) is 0 Å². The lowest BCUT2D eigenvalue weighted by Crippen LogP contribution is -2.12. The van der Waals surface area contributed by atoms with Gasteiger partial charge >= 0.3 is 0 Å². The lowest BCUT2D eigenvalue weighted by molar-refractivity contribution is -0.119. The molecule has 0 aromatic heterocycles. The third kappa shape index (κ3) is 3.09. The smallest absolute Gasteiger partial charge is 0.137 e.